The molecule has 0 aliphatic rings. The van der Waals surface area contributed by atoms with Crippen LogP contribution in [0, 0.1) is 5.82 Å². The van der Waals surface area contributed by atoms with Crippen molar-refractivity contribution in [2.24, 2.45) is 27.2 Å². The molecule has 0 bridgehead atoms. The van der Waals surface area contributed by atoms with Crippen LogP contribution in [-0.4, -0.2) is 17.0 Å². The first-order valence-corrected chi connectivity index (χ1v) is 4.81. The Balaban J connectivity index is 3.15. The average Bonchev–Trinajstić information content (AvgIpc) is 2.12. The zero-order valence-electron chi connectivity index (χ0n) is 7.98. The maximum Gasteiger partial charge on any atom is 0.223 e. The minimum absolute atomic E-state index is 0.164. The average molecular weight is 290 g/mol. The van der Waals surface area contributed by atoms with Gasteiger partial charge in [0.05, 0.1) is 4.47 Å². The molecule has 1 aromatic carbocycles. The first-order chi connectivity index (χ1) is 7.40. The second kappa shape index (κ2) is 4.79. The number of nitrogens with zero attached hydrogens (tertiary/aromatic N) is 2. The molecule has 16 heavy (non-hydrogen) atoms. The third-order valence-electron chi connectivity index (χ3n) is 1.49. The molecule has 86 valence electrons. The Hall–Kier alpha value is -1.83. The summed E-state index contributed by atoms with van der Waals surface area (Å²) in [5, 5.41) is 9.31. The van der Waals surface area contributed by atoms with Gasteiger partial charge in [-0.05, 0) is 22.0 Å². The Bertz CT molecular complexity index is 470. The lowest BCUT2D eigenvalue weighted by molar-refractivity contribution is 0.470. The highest BCUT2D eigenvalue weighted by atomic mass is 79.9. The lowest BCUT2D eigenvalue weighted by atomic mass is 10.3. The molecular weight excluding hydrogens is 281 g/mol. The monoisotopic (exact) mass is 289 g/mol. The third kappa shape index (κ3) is 3.09. The van der Waals surface area contributed by atoms with Crippen molar-refractivity contribution in [3.63, 3.8) is 0 Å². The molecule has 0 amide bonds. The van der Waals surface area contributed by atoms with Gasteiger partial charge in [-0.25, -0.2) is 9.38 Å². The summed E-state index contributed by atoms with van der Waals surface area (Å²) in [4.78, 5) is 7.00. The normalized spacial score (nSPS) is 11.2. The number of phenols is 1. The van der Waals surface area contributed by atoms with Crippen LogP contribution in [0.1, 0.15) is 0 Å². The Morgan fingerprint density at radius 3 is 2.50 bits per heavy atom. The Morgan fingerprint density at radius 2 is 1.94 bits per heavy atom. The molecule has 6 nitrogen and oxygen atoms in total. The van der Waals surface area contributed by atoms with Crippen molar-refractivity contribution in [3.05, 3.63) is 22.4 Å². The van der Waals surface area contributed by atoms with Gasteiger partial charge in [-0.15, -0.1) is 0 Å². The second-order valence-corrected chi connectivity index (χ2v) is 3.62. The van der Waals surface area contributed by atoms with E-state index >= 15 is 0 Å². The molecule has 0 aromatic heterocycles. The minimum Gasteiger partial charge on any atom is -0.507 e. The first kappa shape index (κ1) is 12.2. The van der Waals surface area contributed by atoms with Crippen LogP contribution in [0.3, 0.4) is 0 Å². The molecule has 1 rings (SSSR count). The fourth-order valence-electron chi connectivity index (χ4n) is 0.893. The predicted molar refractivity (Wildman–Crippen MR) is 62.9 cm³/mol. The summed E-state index contributed by atoms with van der Waals surface area (Å²) >= 11 is 2.95. The van der Waals surface area contributed by atoms with Crippen LogP contribution < -0.4 is 17.2 Å². The number of nitrogens with two attached hydrogens (primary N) is 3. The van der Waals surface area contributed by atoms with E-state index < -0.39 is 5.82 Å². The molecule has 0 saturated carbocycles. The van der Waals surface area contributed by atoms with Crippen molar-refractivity contribution in [3.8, 4) is 5.75 Å². The van der Waals surface area contributed by atoms with Crippen molar-refractivity contribution in [2.75, 3.05) is 0 Å². The highest BCUT2D eigenvalue weighted by Gasteiger charge is 2.07. The number of hydrogen-bond acceptors (Lipinski definition) is 2. The largest absolute Gasteiger partial charge is 0.507 e. The highest BCUT2D eigenvalue weighted by Crippen LogP contribution is 2.31. The van der Waals surface area contributed by atoms with Gasteiger partial charge in [-0.3, -0.25) is 0 Å². The van der Waals surface area contributed by atoms with Gasteiger partial charge in [0.25, 0.3) is 0 Å². The van der Waals surface area contributed by atoms with Crippen LogP contribution in [-0.2, 0) is 0 Å². The van der Waals surface area contributed by atoms with E-state index in [-0.39, 0.29) is 27.8 Å². The number of rotatable bonds is 1. The van der Waals surface area contributed by atoms with Gasteiger partial charge in [0.2, 0.25) is 5.96 Å². The molecule has 0 radical (unpaired) electrons. The zero-order valence-corrected chi connectivity index (χ0v) is 9.57. The van der Waals surface area contributed by atoms with Crippen LogP contribution >= 0.6 is 15.9 Å². The maximum absolute atomic E-state index is 13.3. The molecule has 0 saturated heterocycles. The fourth-order valence-corrected chi connectivity index (χ4v) is 1.21. The number of benzene rings is 1. The SMILES string of the molecule is NC(N)=NC(N)=Nc1cc(O)c(Br)cc1F. The van der Waals surface area contributed by atoms with E-state index in [4.69, 9.17) is 17.2 Å². The van der Waals surface area contributed by atoms with E-state index in [0.717, 1.165) is 12.1 Å². The van der Waals surface area contributed by atoms with Gasteiger partial charge in [0.15, 0.2) is 5.96 Å². The smallest absolute Gasteiger partial charge is 0.223 e. The Morgan fingerprint density at radius 1 is 1.31 bits per heavy atom. The summed E-state index contributed by atoms with van der Waals surface area (Å²) in [5.41, 5.74) is 15.3. The van der Waals surface area contributed by atoms with Gasteiger partial charge in [0.1, 0.15) is 17.3 Å². The Kier molecular flexibility index (Phi) is 3.67. The molecule has 0 heterocycles. The number of hydrogen-bond donors (Lipinski definition) is 4. The van der Waals surface area contributed by atoms with Crippen LogP contribution in [0.25, 0.3) is 0 Å². The molecule has 0 aliphatic carbocycles. The van der Waals surface area contributed by atoms with Crippen molar-refractivity contribution in [1.29, 1.82) is 0 Å². The van der Waals surface area contributed by atoms with Crippen LogP contribution in [0.15, 0.2) is 26.6 Å². The minimum atomic E-state index is -0.668. The lowest BCUT2D eigenvalue weighted by Crippen LogP contribution is -2.26. The van der Waals surface area contributed by atoms with Gasteiger partial charge < -0.3 is 22.3 Å². The fraction of sp³-hybridized carbons (Fsp3) is 0. The maximum atomic E-state index is 13.3. The quantitative estimate of drug-likeness (QED) is 0.444. The van der Waals surface area contributed by atoms with E-state index in [2.05, 4.69) is 25.9 Å². The lowest BCUT2D eigenvalue weighted by Gasteiger charge is -2.01. The van der Waals surface area contributed by atoms with Gasteiger partial charge in [-0.2, -0.15) is 4.99 Å². The van der Waals surface area contributed by atoms with E-state index in [1.165, 1.54) is 0 Å². The van der Waals surface area contributed by atoms with Crippen molar-refractivity contribution >= 4 is 33.5 Å². The van der Waals surface area contributed by atoms with Crippen molar-refractivity contribution in [1.82, 2.24) is 0 Å². The number of phenolic OH excluding ortho intramolecular Hbond substituents is 1. The highest BCUT2D eigenvalue weighted by molar-refractivity contribution is 9.10. The summed E-state index contributed by atoms with van der Waals surface area (Å²) in [7, 11) is 0. The number of halogens is 2. The molecule has 0 spiro atoms. The molecule has 0 fully saturated rings. The molecule has 0 unspecified atom stereocenters. The van der Waals surface area contributed by atoms with Crippen LogP contribution in [0.2, 0.25) is 0 Å². The number of aromatic hydroxyl groups is 1. The van der Waals surface area contributed by atoms with E-state index in [1.54, 1.807) is 0 Å². The van der Waals surface area contributed by atoms with E-state index in [1.807, 2.05) is 0 Å². The molecule has 7 N–H and O–H groups in total. The third-order valence-corrected chi connectivity index (χ3v) is 2.13. The van der Waals surface area contributed by atoms with Crippen molar-refractivity contribution < 1.29 is 9.50 Å². The number of guanidine groups is 2. The summed E-state index contributed by atoms with van der Waals surface area (Å²) in [6.07, 6.45) is 0. The summed E-state index contributed by atoms with van der Waals surface area (Å²) < 4.78 is 13.5. The Labute approximate surface area is 98.8 Å². The van der Waals surface area contributed by atoms with Crippen LogP contribution in [0.5, 0.6) is 5.75 Å². The first-order valence-electron chi connectivity index (χ1n) is 4.02. The molecular formula is C8H9BrFN5O. The topological polar surface area (TPSA) is 123 Å². The number of aliphatic imine (C=N–C) groups is 2. The summed E-state index contributed by atoms with van der Waals surface area (Å²) in [6.45, 7) is 0. The zero-order chi connectivity index (χ0) is 12.3. The predicted octanol–water partition coefficient (Wildman–Crippen LogP) is 0.513. The van der Waals surface area contributed by atoms with Gasteiger partial charge in [-0.1, -0.05) is 0 Å². The molecule has 0 aliphatic heterocycles. The van der Waals surface area contributed by atoms with Gasteiger partial charge in [0, 0.05) is 6.07 Å². The molecule has 0 atom stereocenters. The molecule has 1 aromatic rings. The van der Waals surface area contributed by atoms with Crippen LogP contribution in [0.4, 0.5) is 10.1 Å². The van der Waals surface area contributed by atoms with E-state index in [9.17, 15) is 9.50 Å². The molecule has 8 heteroatoms. The summed E-state index contributed by atoms with van der Waals surface area (Å²) in [6, 6.07) is 2.14. The second-order valence-electron chi connectivity index (χ2n) is 2.76. The van der Waals surface area contributed by atoms with E-state index in [0.29, 0.717) is 0 Å². The standard InChI is InChI=1S/C8H9BrFN5O/c9-3-1-4(10)5(2-6(3)16)14-8(13)15-7(11)12/h1-2,16H,(H6,11,12,13,14,15). The van der Waals surface area contributed by atoms with Gasteiger partial charge >= 0.3 is 0 Å². The van der Waals surface area contributed by atoms with Crippen molar-refractivity contribution in [2.45, 2.75) is 0 Å². The summed E-state index contributed by atoms with van der Waals surface area (Å²) in [5.74, 6) is -1.43.